The average Bonchev–Trinajstić information content (AvgIpc) is 3.18. The molecule has 0 aliphatic rings. The molecule has 8 nitrogen and oxygen atoms in total. The molecule has 0 saturated carbocycles. The Labute approximate surface area is 355 Å². The molecular formula is C50H86NO7+. The molecule has 0 aliphatic heterocycles. The lowest BCUT2D eigenvalue weighted by Gasteiger charge is -2.31. The molecule has 0 amide bonds. The van der Waals surface area contributed by atoms with Crippen LogP contribution < -0.4 is 0 Å². The van der Waals surface area contributed by atoms with Crippen LogP contribution in [-0.4, -0.2) is 80.6 Å². The first-order chi connectivity index (χ1) is 28.1. The van der Waals surface area contributed by atoms with Crippen LogP contribution in [0.3, 0.4) is 0 Å². The molecule has 0 saturated heterocycles. The van der Waals surface area contributed by atoms with E-state index in [0.717, 1.165) is 96.3 Å². The maximum absolute atomic E-state index is 12.7. The van der Waals surface area contributed by atoms with Gasteiger partial charge in [-0.15, -0.1) is 0 Å². The van der Waals surface area contributed by atoms with Gasteiger partial charge in [0.25, 0.3) is 0 Å². The molecule has 0 aliphatic carbocycles. The van der Waals surface area contributed by atoms with Gasteiger partial charge in [-0.05, 0) is 77.0 Å². The summed E-state index contributed by atoms with van der Waals surface area (Å²) in [6.45, 7) is 4.55. The van der Waals surface area contributed by atoms with E-state index in [1.807, 2.05) is 21.1 Å². The first kappa shape index (κ1) is 54.8. The van der Waals surface area contributed by atoms with Crippen molar-refractivity contribution in [1.29, 1.82) is 0 Å². The SMILES string of the molecule is CC/C=C/C/C=C/C/C=C/C/C=C/C/C=C/CCCCCCCCCC(=O)OC(COCCC(C(=O)O)[N+](C)(C)C)COC(=O)CCCCCCC/C=C/CCCC. The van der Waals surface area contributed by atoms with E-state index in [2.05, 4.69) is 86.8 Å². The zero-order valence-corrected chi connectivity index (χ0v) is 37.7. The number of carboxylic acids is 1. The van der Waals surface area contributed by atoms with E-state index in [0.29, 0.717) is 19.3 Å². The number of carbonyl (C=O) groups excluding carboxylic acids is 2. The second kappa shape index (κ2) is 40.5. The Morgan fingerprint density at radius 1 is 0.534 bits per heavy atom. The van der Waals surface area contributed by atoms with Crippen molar-refractivity contribution in [3.05, 3.63) is 72.9 Å². The third-order valence-electron chi connectivity index (χ3n) is 9.84. The summed E-state index contributed by atoms with van der Waals surface area (Å²) in [5, 5.41) is 9.62. The lowest BCUT2D eigenvalue weighted by atomic mass is 10.1. The van der Waals surface area contributed by atoms with Gasteiger partial charge in [-0.2, -0.15) is 0 Å². The smallest absolute Gasteiger partial charge is 0.362 e. The summed E-state index contributed by atoms with van der Waals surface area (Å²) in [5.74, 6) is -1.50. The van der Waals surface area contributed by atoms with Gasteiger partial charge in [-0.3, -0.25) is 9.59 Å². The van der Waals surface area contributed by atoms with Crippen molar-refractivity contribution >= 4 is 17.9 Å². The van der Waals surface area contributed by atoms with Crippen LogP contribution in [0, 0.1) is 0 Å². The molecule has 332 valence electrons. The molecule has 0 heterocycles. The second-order valence-electron chi connectivity index (χ2n) is 16.3. The Balaban J connectivity index is 4.30. The van der Waals surface area contributed by atoms with E-state index < -0.39 is 18.1 Å². The highest BCUT2D eigenvalue weighted by Crippen LogP contribution is 2.13. The summed E-state index contributed by atoms with van der Waals surface area (Å²) in [6, 6.07) is -0.620. The number of unbranched alkanes of at least 4 members (excludes halogenated alkanes) is 14. The van der Waals surface area contributed by atoms with E-state index >= 15 is 0 Å². The van der Waals surface area contributed by atoms with E-state index in [1.165, 1.54) is 44.9 Å². The first-order valence-electron chi connectivity index (χ1n) is 23.0. The fraction of sp³-hybridized carbons (Fsp3) is 0.700. The van der Waals surface area contributed by atoms with E-state index in [4.69, 9.17) is 14.2 Å². The number of likely N-dealkylation sites (N-methyl/N-ethyl adjacent to an activating group) is 1. The summed E-state index contributed by atoms with van der Waals surface area (Å²) in [7, 11) is 5.51. The van der Waals surface area contributed by atoms with Crippen LogP contribution in [-0.2, 0) is 28.6 Å². The van der Waals surface area contributed by atoms with E-state index in [-0.39, 0.29) is 36.2 Å². The summed E-state index contributed by atoms with van der Waals surface area (Å²) >= 11 is 0. The van der Waals surface area contributed by atoms with Gasteiger partial charge in [0.05, 0.1) is 34.4 Å². The van der Waals surface area contributed by atoms with E-state index in [1.54, 1.807) is 0 Å². The number of ether oxygens (including phenoxy) is 3. The molecule has 0 fully saturated rings. The average molecular weight is 813 g/mol. The van der Waals surface area contributed by atoms with Gasteiger partial charge in [0.15, 0.2) is 12.1 Å². The van der Waals surface area contributed by atoms with Crippen LogP contribution in [0.25, 0.3) is 0 Å². The lowest BCUT2D eigenvalue weighted by Crippen LogP contribution is -2.50. The van der Waals surface area contributed by atoms with Gasteiger partial charge < -0.3 is 23.8 Å². The van der Waals surface area contributed by atoms with Crippen LogP contribution in [0.1, 0.15) is 174 Å². The molecule has 1 N–H and O–H groups in total. The predicted molar refractivity (Wildman–Crippen MR) is 243 cm³/mol. The van der Waals surface area contributed by atoms with Crippen LogP contribution in [0.2, 0.25) is 0 Å². The Morgan fingerprint density at radius 3 is 1.45 bits per heavy atom. The molecule has 0 aromatic heterocycles. The number of allylic oxidation sites excluding steroid dienone is 12. The summed E-state index contributed by atoms with van der Waals surface area (Å²) in [5.41, 5.74) is 0. The van der Waals surface area contributed by atoms with Crippen molar-refractivity contribution in [1.82, 2.24) is 0 Å². The molecular weight excluding hydrogens is 727 g/mol. The molecule has 0 aromatic rings. The number of carboxylic acid groups (broad SMARTS) is 1. The maximum Gasteiger partial charge on any atom is 0.362 e. The van der Waals surface area contributed by atoms with Crippen molar-refractivity contribution in [3.8, 4) is 0 Å². The molecule has 58 heavy (non-hydrogen) atoms. The fourth-order valence-corrected chi connectivity index (χ4v) is 6.27. The molecule has 0 spiro atoms. The minimum atomic E-state index is -0.881. The van der Waals surface area contributed by atoms with Crippen LogP contribution in [0.4, 0.5) is 0 Å². The van der Waals surface area contributed by atoms with Gasteiger partial charge in [0, 0.05) is 19.3 Å². The van der Waals surface area contributed by atoms with Crippen LogP contribution in [0.5, 0.6) is 0 Å². The summed E-state index contributed by atoms with van der Waals surface area (Å²) in [4.78, 5) is 37.0. The number of nitrogens with zero attached hydrogens (tertiary/aromatic N) is 1. The van der Waals surface area contributed by atoms with Crippen LogP contribution >= 0.6 is 0 Å². The summed E-state index contributed by atoms with van der Waals surface area (Å²) < 4.78 is 17.3. The molecule has 2 atom stereocenters. The number of hydrogen-bond acceptors (Lipinski definition) is 6. The first-order valence-corrected chi connectivity index (χ1v) is 23.0. The van der Waals surface area contributed by atoms with Gasteiger partial charge in [-0.25, -0.2) is 4.79 Å². The molecule has 2 unspecified atom stereocenters. The number of rotatable bonds is 40. The normalized spacial score (nSPS) is 13.6. The maximum atomic E-state index is 12.7. The molecule has 0 bridgehead atoms. The van der Waals surface area contributed by atoms with Crippen molar-refractivity contribution in [2.24, 2.45) is 0 Å². The van der Waals surface area contributed by atoms with Crippen molar-refractivity contribution in [3.63, 3.8) is 0 Å². The largest absolute Gasteiger partial charge is 0.477 e. The minimum absolute atomic E-state index is 0.0506. The standard InChI is InChI=1S/C50H85NO7/c1-6-8-10-12-14-16-18-19-20-21-22-23-24-25-26-27-28-29-31-33-35-37-39-41-49(53)58-46(44-56-43-42-47(50(54)55)51(3,4)5)45-57-48(52)40-38-36-34-32-30-17-15-13-11-9-7-2/h8,10,13-16,19-20,22-23,25-26,46-47H,6-7,9,11-12,17-18,21,24,27-45H2,1-5H3/p+1/b10-8+,15-13+,16-14+,20-19+,23-22+,26-25+. The highest BCUT2D eigenvalue weighted by molar-refractivity contribution is 5.72. The van der Waals surface area contributed by atoms with Gasteiger partial charge in [0.1, 0.15) is 6.61 Å². The van der Waals surface area contributed by atoms with Crippen molar-refractivity contribution in [2.75, 3.05) is 41.0 Å². The molecule has 8 heteroatoms. The quantitative estimate of drug-likeness (QED) is 0.0285. The Hall–Kier alpha value is -3.23. The number of aliphatic carboxylic acids is 1. The third kappa shape index (κ3) is 38.3. The van der Waals surface area contributed by atoms with Crippen LogP contribution in [0.15, 0.2) is 72.9 Å². The topological polar surface area (TPSA) is 99.1 Å². The minimum Gasteiger partial charge on any atom is -0.477 e. The fourth-order valence-electron chi connectivity index (χ4n) is 6.27. The summed E-state index contributed by atoms with van der Waals surface area (Å²) in [6.07, 6.45) is 50.9. The van der Waals surface area contributed by atoms with Gasteiger partial charge in [-0.1, -0.05) is 151 Å². The predicted octanol–water partition coefficient (Wildman–Crippen LogP) is 12.7. The molecule has 0 radical (unpaired) electrons. The highest BCUT2D eigenvalue weighted by atomic mass is 16.6. The second-order valence-corrected chi connectivity index (χ2v) is 16.3. The Bertz CT molecular complexity index is 1180. The lowest BCUT2D eigenvalue weighted by molar-refractivity contribution is -0.887. The number of hydrogen-bond donors (Lipinski definition) is 1. The van der Waals surface area contributed by atoms with E-state index in [9.17, 15) is 19.5 Å². The zero-order valence-electron chi connectivity index (χ0n) is 37.7. The zero-order chi connectivity index (χ0) is 42.8. The number of carbonyl (C=O) groups is 3. The Morgan fingerprint density at radius 2 is 0.966 bits per heavy atom. The number of esters is 2. The van der Waals surface area contributed by atoms with Gasteiger partial charge in [0.2, 0.25) is 0 Å². The van der Waals surface area contributed by atoms with Crippen molar-refractivity contribution < 1.29 is 38.2 Å². The highest BCUT2D eigenvalue weighted by Gasteiger charge is 2.31. The van der Waals surface area contributed by atoms with Crippen molar-refractivity contribution in [2.45, 2.75) is 187 Å². The molecule has 0 aromatic carbocycles. The third-order valence-corrected chi connectivity index (χ3v) is 9.84. The number of quaternary nitrogens is 1. The monoisotopic (exact) mass is 813 g/mol. The molecule has 0 rings (SSSR count). The Kier molecular flexibility index (Phi) is 38.3. The van der Waals surface area contributed by atoms with Gasteiger partial charge >= 0.3 is 17.9 Å².